The molecule has 1 unspecified atom stereocenters. The van der Waals surface area contributed by atoms with Gasteiger partial charge in [0.1, 0.15) is 5.82 Å². The third-order valence-electron chi connectivity index (χ3n) is 3.77. The Bertz CT molecular complexity index is 613. The van der Waals surface area contributed by atoms with Gasteiger partial charge in [0, 0.05) is 25.8 Å². The van der Waals surface area contributed by atoms with Gasteiger partial charge in [-0.1, -0.05) is 0 Å². The second kappa shape index (κ2) is 6.39. The fraction of sp³-hybridized carbons (Fsp3) is 0.571. The van der Waals surface area contributed by atoms with Gasteiger partial charge in [-0.05, 0) is 38.1 Å². The number of hydrogen-bond donors (Lipinski definition) is 1. The van der Waals surface area contributed by atoms with Gasteiger partial charge in [-0.3, -0.25) is 0 Å². The zero-order valence-electron chi connectivity index (χ0n) is 12.5. The molecule has 1 fully saturated rings. The van der Waals surface area contributed by atoms with Gasteiger partial charge in [0.15, 0.2) is 0 Å². The van der Waals surface area contributed by atoms with Crippen LogP contribution in [0.3, 0.4) is 0 Å². The van der Waals surface area contributed by atoms with Gasteiger partial charge in [-0.25, -0.2) is 12.8 Å². The summed E-state index contributed by atoms with van der Waals surface area (Å²) in [7, 11) is -0.404. The van der Waals surface area contributed by atoms with Crippen LogP contribution >= 0.6 is 0 Å². The monoisotopic (exact) mass is 316 g/mol. The fourth-order valence-corrected chi connectivity index (χ4v) is 3.95. The van der Waals surface area contributed by atoms with Gasteiger partial charge in [0.05, 0.1) is 17.5 Å². The highest BCUT2D eigenvalue weighted by Gasteiger charge is 2.31. The molecule has 1 aromatic carbocycles. The number of ether oxygens (including phenoxy) is 1. The molecule has 1 aliphatic rings. The van der Waals surface area contributed by atoms with Crippen LogP contribution in [0.1, 0.15) is 17.5 Å². The molecule has 21 heavy (non-hydrogen) atoms. The van der Waals surface area contributed by atoms with Crippen molar-refractivity contribution in [2.75, 3.05) is 27.3 Å². The number of likely N-dealkylation sites (N-methyl/N-ethyl adjacent to an activating group) is 1. The molecule has 7 heteroatoms. The number of benzene rings is 1. The van der Waals surface area contributed by atoms with E-state index in [2.05, 4.69) is 5.32 Å². The summed E-state index contributed by atoms with van der Waals surface area (Å²) in [6, 6.07) is 2.63. The molecule has 118 valence electrons. The summed E-state index contributed by atoms with van der Waals surface area (Å²) in [5.74, 6) is -0.366. The summed E-state index contributed by atoms with van der Waals surface area (Å²) in [6.45, 7) is 2.83. The van der Waals surface area contributed by atoms with Crippen molar-refractivity contribution in [3.8, 4) is 0 Å². The van der Waals surface area contributed by atoms with Crippen molar-refractivity contribution in [2.45, 2.75) is 30.8 Å². The molecule has 0 amide bonds. The van der Waals surface area contributed by atoms with Crippen LogP contribution in [0.5, 0.6) is 0 Å². The maximum Gasteiger partial charge on any atom is 0.243 e. The van der Waals surface area contributed by atoms with Gasteiger partial charge in [-0.2, -0.15) is 4.31 Å². The lowest BCUT2D eigenvalue weighted by Crippen LogP contribution is -2.37. The van der Waals surface area contributed by atoms with E-state index in [4.69, 9.17) is 4.74 Å². The molecule has 0 aromatic heterocycles. The van der Waals surface area contributed by atoms with Gasteiger partial charge in [0.2, 0.25) is 10.0 Å². The SMILES string of the molecule is CNCc1cc(S(=O)(=O)N(C)C2CCOC2)cc(C)c1F. The van der Waals surface area contributed by atoms with Crippen molar-refractivity contribution in [3.05, 3.63) is 29.1 Å². The van der Waals surface area contributed by atoms with Crippen LogP contribution in [-0.2, 0) is 21.3 Å². The molecule has 1 saturated heterocycles. The topological polar surface area (TPSA) is 58.6 Å². The molecular weight excluding hydrogens is 295 g/mol. The van der Waals surface area contributed by atoms with Gasteiger partial charge < -0.3 is 10.1 Å². The van der Waals surface area contributed by atoms with E-state index in [0.29, 0.717) is 30.8 Å². The highest BCUT2D eigenvalue weighted by atomic mass is 32.2. The number of nitrogens with zero attached hydrogens (tertiary/aromatic N) is 1. The molecule has 0 spiro atoms. The molecule has 1 aliphatic heterocycles. The Labute approximate surface area is 125 Å². The maximum atomic E-state index is 14.0. The Kier molecular flexibility index (Phi) is 4.98. The first-order valence-electron chi connectivity index (χ1n) is 6.87. The number of hydrogen-bond acceptors (Lipinski definition) is 4. The summed E-state index contributed by atoms with van der Waals surface area (Å²) in [5, 5.41) is 2.85. The minimum Gasteiger partial charge on any atom is -0.380 e. The lowest BCUT2D eigenvalue weighted by Gasteiger charge is -2.23. The molecule has 0 aliphatic carbocycles. The number of sulfonamides is 1. The quantitative estimate of drug-likeness (QED) is 0.888. The molecule has 0 saturated carbocycles. The van der Waals surface area contributed by atoms with E-state index in [1.165, 1.54) is 16.4 Å². The number of rotatable bonds is 5. The Morgan fingerprint density at radius 3 is 2.76 bits per heavy atom. The summed E-state index contributed by atoms with van der Waals surface area (Å²) in [4.78, 5) is 0.126. The minimum atomic E-state index is -3.64. The highest BCUT2D eigenvalue weighted by molar-refractivity contribution is 7.89. The van der Waals surface area contributed by atoms with Crippen molar-refractivity contribution in [1.29, 1.82) is 0 Å². The van der Waals surface area contributed by atoms with Gasteiger partial charge in [-0.15, -0.1) is 0 Å². The van der Waals surface area contributed by atoms with Crippen molar-refractivity contribution in [2.24, 2.45) is 0 Å². The Balaban J connectivity index is 2.39. The summed E-state index contributed by atoms with van der Waals surface area (Å²) in [6.07, 6.45) is 0.680. The van der Waals surface area contributed by atoms with E-state index in [1.807, 2.05) is 0 Å². The van der Waals surface area contributed by atoms with Gasteiger partial charge >= 0.3 is 0 Å². The summed E-state index contributed by atoms with van der Waals surface area (Å²) < 4.78 is 45.9. The predicted octanol–water partition coefficient (Wildman–Crippen LogP) is 1.26. The predicted molar refractivity (Wildman–Crippen MR) is 78.1 cm³/mol. The van der Waals surface area contributed by atoms with E-state index in [9.17, 15) is 12.8 Å². The first-order chi connectivity index (χ1) is 9.87. The van der Waals surface area contributed by atoms with Crippen LogP contribution in [0.15, 0.2) is 17.0 Å². The first kappa shape index (κ1) is 16.4. The molecule has 0 bridgehead atoms. The summed E-state index contributed by atoms with van der Waals surface area (Å²) in [5.41, 5.74) is 0.685. The second-order valence-corrected chi connectivity index (χ2v) is 7.28. The van der Waals surface area contributed by atoms with Crippen LogP contribution < -0.4 is 5.32 Å². The van der Waals surface area contributed by atoms with E-state index < -0.39 is 10.0 Å². The highest BCUT2D eigenvalue weighted by Crippen LogP contribution is 2.24. The van der Waals surface area contributed by atoms with E-state index in [-0.39, 0.29) is 23.3 Å². The van der Waals surface area contributed by atoms with Crippen molar-refractivity contribution in [1.82, 2.24) is 9.62 Å². The number of aryl methyl sites for hydroxylation is 1. The van der Waals surface area contributed by atoms with E-state index in [1.54, 1.807) is 21.0 Å². The van der Waals surface area contributed by atoms with Gasteiger partial charge in [0.25, 0.3) is 0 Å². The average Bonchev–Trinajstić information content (AvgIpc) is 2.96. The van der Waals surface area contributed by atoms with Crippen LogP contribution in [0.4, 0.5) is 4.39 Å². The molecule has 1 N–H and O–H groups in total. The van der Waals surface area contributed by atoms with E-state index in [0.717, 1.165) is 0 Å². The standard InChI is InChI=1S/C14H21FN2O3S/c1-10-6-13(7-11(8-16-2)14(10)15)21(18,19)17(3)12-4-5-20-9-12/h6-7,12,16H,4-5,8-9H2,1-3H3. The Hall–Kier alpha value is -1.02. The normalized spacial score (nSPS) is 19.4. The maximum absolute atomic E-state index is 14.0. The molecule has 0 radical (unpaired) electrons. The average molecular weight is 316 g/mol. The first-order valence-corrected chi connectivity index (χ1v) is 8.31. The third kappa shape index (κ3) is 3.26. The molecule has 5 nitrogen and oxygen atoms in total. The third-order valence-corrected chi connectivity index (χ3v) is 5.66. The fourth-order valence-electron chi connectivity index (χ4n) is 2.45. The molecule has 1 aromatic rings. The largest absolute Gasteiger partial charge is 0.380 e. The number of halogens is 1. The van der Waals surface area contributed by atoms with Crippen LogP contribution in [0.2, 0.25) is 0 Å². The van der Waals surface area contributed by atoms with Crippen LogP contribution in [0.25, 0.3) is 0 Å². The molecule has 1 heterocycles. The Morgan fingerprint density at radius 1 is 1.48 bits per heavy atom. The van der Waals surface area contributed by atoms with Crippen molar-refractivity contribution < 1.29 is 17.5 Å². The van der Waals surface area contributed by atoms with Crippen molar-refractivity contribution >= 4 is 10.0 Å². The van der Waals surface area contributed by atoms with Crippen LogP contribution in [-0.4, -0.2) is 46.1 Å². The summed E-state index contributed by atoms with van der Waals surface area (Å²) >= 11 is 0. The molecular formula is C14H21FN2O3S. The lowest BCUT2D eigenvalue weighted by molar-refractivity contribution is 0.181. The Morgan fingerprint density at radius 2 is 2.19 bits per heavy atom. The van der Waals surface area contributed by atoms with Crippen molar-refractivity contribution in [3.63, 3.8) is 0 Å². The lowest BCUT2D eigenvalue weighted by atomic mass is 10.1. The zero-order chi connectivity index (χ0) is 15.6. The second-order valence-electron chi connectivity index (χ2n) is 5.28. The molecule has 2 rings (SSSR count). The van der Waals surface area contributed by atoms with Crippen LogP contribution in [0, 0.1) is 12.7 Å². The minimum absolute atomic E-state index is 0.126. The van der Waals surface area contributed by atoms with E-state index >= 15 is 0 Å². The zero-order valence-corrected chi connectivity index (χ0v) is 13.3. The number of nitrogens with one attached hydrogen (secondary N) is 1. The smallest absolute Gasteiger partial charge is 0.243 e. The molecule has 1 atom stereocenters.